The van der Waals surface area contributed by atoms with E-state index in [1.807, 2.05) is 13.8 Å². The van der Waals surface area contributed by atoms with Crippen LogP contribution in [0.2, 0.25) is 0 Å². The van der Waals surface area contributed by atoms with Crippen molar-refractivity contribution in [1.82, 2.24) is 10.1 Å². The zero-order chi connectivity index (χ0) is 16.8. The second-order valence-corrected chi connectivity index (χ2v) is 6.97. The summed E-state index contributed by atoms with van der Waals surface area (Å²) >= 11 is 1.26. The van der Waals surface area contributed by atoms with Crippen molar-refractivity contribution < 1.29 is 14.1 Å². The summed E-state index contributed by atoms with van der Waals surface area (Å²) in [5, 5.41) is 6.28. The van der Waals surface area contributed by atoms with Crippen molar-refractivity contribution >= 4 is 29.4 Å². The van der Waals surface area contributed by atoms with Crippen LogP contribution in [0.25, 0.3) is 0 Å². The maximum atomic E-state index is 12.0. The lowest BCUT2D eigenvalue weighted by Crippen LogP contribution is -2.40. The Bertz CT molecular complexity index is 516. The molecule has 1 aromatic heterocycles. The van der Waals surface area contributed by atoms with Crippen molar-refractivity contribution in [1.29, 1.82) is 0 Å². The van der Waals surface area contributed by atoms with E-state index < -0.39 is 0 Å². The highest BCUT2D eigenvalue weighted by Gasteiger charge is 2.21. The zero-order valence-corrected chi connectivity index (χ0v) is 14.3. The van der Waals surface area contributed by atoms with E-state index in [4.69, 9.17) is 10.3 Å². The van der Waals surface area contributed by atoms with Crippen LogP contribution in [-0.4, -0.2) is 53.5 Å². The van der Waals surface area contributed by atoms with Crippen molar-refractivity contribution in [3.05, 3.63) is 11.8 Å². The summed E-state index contributed by atoms with van der Waals surface area (Å²) in [5.41, 5.74) is 5.55. The second kappa shape index (κ2) is 8.19. The summed E-state index contributed by atoms with van der Waals surface area (Å²) in [6.45, 7) is 6.87. The van der Waals surface area contributed by atoms with Gasteiger partial charge in [-0.25, -0.2) is 0 Å². The molecule has 0 aliphatic carbocycles. The summed E-state index contributed by atoms with van der Waals surface area (Å²) in [6, 6.07) is 1.64. The smallest absolute Gasteiger partial charge is 0.235 e. The average molecular weight is 328 g/mol. The van der Waals surface area contributed by atoms with E-state index in [2.05, 4.69) is 10.5 Å². The van der Waals surface area contributed by atoms with Crippen molar-refractivity contribution in [2.45, 2.75) is 20.8 Å². The summed E-state index contributed by atoms with van der Waals surface area (Å²) in [6.07, 6.45) is 0. The number of nitrogens with two attached hydrogens (primary N) is 1. The third kappa shape index (κ3) is 6.48. The molecule has 0 saturated carbocycles. The molecule has 0 bridgehead atoms. The van der Waals surface area contributed by atoms with E-state index in [-0.39, 0.29) is 28.7 Å². The van der Waals surface area contributed by atoms with Crippen molar-refractivity contribution in [2.24, 2.45) is 11.1 Å². The fourth-order valence-electron chi connectivity index (χ4n) is 1.74. The van der Waals surface area contributed by atoms with Crippen molar-refractivity contribution in [2.75, 3.05) is 37.0 Å². The number of rotatable bonds is 8. The minimum atomic E-state index is -0.212. The van der Waals surface area contributed by atoms with E-state index in [0.29, 0.717) is 24.7 Å². The third-order valence-electron chi connectivity index (χ3n) is 3.00. The van der Waals surface area contributed by atoms with Crippen LogP contribution in [0.4, 0.5) is 5.82 Å². The van der Waals surface area contributed by atoms with Gasteiger partial charge in [0.25, 0.3) is 0 Å². The average Bonchev–Trinajstić information content (AvgIpc) is 2.83. The monoisotopic (exact) mass is 328 g/mol. The maximum absolute atomic E-state index is 12.0. The second-order valence-electron chi connectivity index (χ2n) is 5.98. The number of thioether (sulfide) groups is 1. The van der Waals surface area contributed by atoms with Gasteiger partial charge < -0.3 is 20.5 Å². The lowest BCUT2D eigenvalue weighted by molar-refractivity contribution is -0.128. The van der Waals surface area contributed by atoms with Gasteiger partial charge in [0, 0.05) is 19.7 Å². The number of nitrogens with zero attached hydrogens (tertiary/aromatic N) is 2. The van der Waals surface area contributed by atoms with Gasteiger partial charge in [0.2, 0.25) is 11.8 Å². The molecule has 0 atom stereocenters. The number of aryl methyl sites for hydroxylation is 1. The summed E-state index contributed by atoms with van der Waals surface area (Å²) in [5.74, 6) is 1.22. The van der Waals surface area contributed by atoms with Gasteiger partial charge in [0.15, 0.2) is 5.82 Å². The molecule has 3 N–H and O–H groups in total. The Labute approximate surface area is 135 Å². The van der Waals surface area contributed by atoms with Crippen LogP contribution in [0.15, 0.2) is 10.6 Å². The lowest BCUT2D eigenvalue weighted by atomic mass is 9.93. The minimum absolute atomic E-state index is 0.0170. The number of carbonyl (C=O) groups is 2. The van der Waals surface area contributed by atoms with Crippen LogP contribution in [0.1, 0.15) is 19.6 Å². The van der Waals surface area contributed by atoms with Crippen LogP contribution in [-0.2, 0) is 9.59 Å². The predicted octanol–water partition coefficient (Wildman–Crippen LogP) is 1.10. The fourth-order valence-corrected chi connectivity index (χ4v) is 2.49. The molecule has 8 heteroatoms. The van der Waals surface area contributed by atoms with Crippen LogP contribution in [0.5, 0.6) is 0 Å². The number of carbonyl (C=O) groups excluding carboxylic acids is 2. The first-order valence-electron chi connectivity index (χ1n) is 6.98. The van der Waals surface area contributed by atoms with Gasteiger partial charge >= 0.3 is 0 Å². The zero-order valence-electron chi connectivity index (χ0n) is 13.5. The molecule has 0 fully saturated rings. The number of nitrogens with one attached hydrogen (secondary N) is 1. The van der Waals surface area contributed by atoms with Crippen molar-refractivity contribution in [3.63, 3.8) is 0 Å². The molecule has 0 spiro atoms. The molecule has 0 aliphatic heterocycles. The summed E-state index contributed by atoms with van der Waals surface area (Å²) in [4.78, 5) is 25.3. The molecule has 22 heavy (non-hydrogen) atoms. The number of amides is 2. The maximum Gasteiger partial charge on any atom is 0.235 e. The van der Waals surface area contributed by atoms with Gasteiger partial charge in [0.1, 0.15) is 5.76 Å². The van der Waals surface area contributed by atoms with Crippen molar-refractivity contribution in [3.8, 4) is 0 Å². The fraction of sp³-hybridized carbons (Fsp3) is 0.643. The highest BCUT2D eigenvalue weighted by atomic mass is 32.2. The van der Waals surface area contributed by atoms with Gasteiger partial charge in [-0.15, -0.1) is 11.8 Å². The molecule has 1 rings (SSSR count). The standard InChI is InChI=1S/C14H24N4O3S/c1-10-5-11(17-21-10)16-12(19)6-22-7-13(20)18(4)9-14(2,3)8-15/h5H,6-9,15H2,1-4H3,(H,16,17,19). The Kier molecular flexibility index (Phi) is 6.89. The van der Waals surface area contributed by atoms with Gasteiger partial charge in [0.05, 0.1) is 11.5 Å². The molecular weight excluding hydrogens is 304 g/mol. The van der Waals surface area contributed by atoms with E-state index >= 15 is 0 Å². The minimum Gasteiger partial charge on any atom is -0.360 e. The topological polar surface area (TPSA) is 101 Å². The quantitative estimate of drug-likeness (QED) is 0.741. The Morgan fingerprint density at radius 3 is 2.68 bits per heavy atom. The van der Waals surface area contributed by atoms with Gasteiger partial charge in [-0.1, -0.05) is 19.0 Å². The molecule has 0 aliphatic rings. The molecule has 2 amide bonds. The largest absolute Gasteiger partial charge is 0.360 e. The molecular formula is C14H24N4O3S. The number of aromatic nitrogens is 1. The summed E-state index contributed by atoms with van der Waals surface area (Å²) < 4.78 is 4.85. The first kappa shape index (κ1) is 18.5. The third-order valence-corrected chi connectivity index (χ3v) is 3.92. The molecule has 0 saturated heterocycles. The summed E-state index contributed by atoms with van der Waals surface area (Å²) in [7, 11) is 1.75. The Hall–Kier alpha value is -1.54. The molecule has 124 valence electrons. The Balaban J connectivity index is 2.28. The highest BCUT2D eigenvalue weighted by Crippen LogP contribution is 2.15. The molecule has 0 radical (unpaired) electrons. The van der Waals surface area contributed by atoms with E-state index in [9.17, 15) is 9.59 Å². The Morgan fingerprint density at radius 2 is 2.14 bits per heavy atom. The number of anilines is 1. The van der Waals surface area contributed by atoms with E-state index in [1.165, 1.54) is 11.8 Å². The van der Waals surface area contributed by atoms with Crippen LogP contribution < -0.4 is 11.1 Å². The van der Waals surface area contributed by atoms with Crippen LogP contribution >= 0.6 is 11.8 Å². The normalized spacial score (nSPS) is 11.3. The van der Waals surface area contributed by atoms with Gasteiger partial charge in [-0.2, -0.15) is 0 Å². The van der Waals surface area contributed by atoms with E-state index in [0.717, 1.165) is 0 Å². The molecule has 0 aromatic carbocycles. The number of hydrogen-bond acceptors (Lipinski definition) is 6. The molecule has 0 unspecified atom stereocenters. The number of hydrogen-bond donors (Lipinski definition) is 2. The van der Waals surface area contributed by atoms with Crippen LogP contribution in [0, 0.1) is 12.3 Å². The van der Waals surface area contributed by atoms with Gasteiger partial charge in [-0.05, 0) is 18.9 Å². The highest BCUT2D eigenvalue weighted by molar-refractivity contribution is 8.00. The first-order valence-corrected chi connectivity index (χ1v) is 8.14. The Morgan fingerprint density at radius 1 is 1.45 bits per heavy atom. The molecule has 7 nitrogen and oxygen atoms in total. The lowest BCUT2D eigenvalue weighted by Gasteiger charge is -2.29. The van der Waals surface area contributed by atoms with Gasteiger partial charge in [-0.3, -0.25) is 9.59 Å². The molecule has 1 aromatic rings. The predicted molar refractivity (Wildman–Crippen MR) is 87.7 cm³/mol. The first-order chi connectivity index (χ1) is 10.2. The molecule has 1 heterocycles. The SMILES string of the molecule is Cc1cc(NC(=O)CSCC(=O)N(C)CC(C)(C)CN)no1. The van der Waals surface area contributed by atoms with E-state index in [1.54, 1.807) is 24.9 Å². The van der Waals surface area contributed by atoms with Crippen LogP contribution in [0.3, 0.4) is 0 Å².